The third kappa shape index (κ3) is 2.57. The van der Waals surface area contributed by atoms with Crippen LogP contribution in [0.1, 0.15) is 23.5 Å². The molecule has 3 heteroatoms. The Balaban J connectivity index is 2.57. The van der Waals surface area contributed by atoms with Crippen molar-refractivity contribution in [2.45, 2.75) is 18.6 Å². The second-order valence-corrected chi connectivity index (χ2v) is 4.47. The third-order valence-corrected chi connectivity index (χ3v) is 3.92. The quantitative estimate of drug-likeness (QED) is 0.804. The van der Waals surface area contributed by atoms with Gasteiger partial charge in [0.1, 0.15) is 0 Å². The van der Waals surface area contributed by atoms with E-state index in [1.54, 1.807) is 18.0 Å². The van der Waals surface area contributed by atoms with Crippen molar-refractivity contribution in [2.75, 3.05) is 0 Å². The molecule has 0 aliphatic carbocycles. The minimum Gasteiger partial charge on any atom is -0.404 e. The molecule has 0 aliphatic rings. The first kappa shape index (κ1) is 9.68. The monoisotopic (exact) mass is 199 g/mol. The molecule has 1 atom stereocenters. The Hall–Kier alpha value is -0.410. The Kier molecular flexibility index (Phi) is 4.25. The molecule has 0 saturated carbocycles. The van der Waals surface area contributed by atoms with Gasteiger partial charge in [-0.05, 0) is 23.3 Å². The summed E-state index contributed by atoms with van der Waals surface area (Å²) >= 11 is 3.59. The van der Waals surface area contributed by atoms with Crippen LogP contribution in [0.3, 0.4) is 0 Å². The number of thioether (sulfide) groups is 1. The fourth-order valence-corrected chi connectivity index (χ4v) is 2.79. The van der Waals surface area contributed by atoms with Crippen LogP contribution in [0.15, 0.2) is 29.1 Å². The maximum Gasteiger partial charge on any atom is 0.0430 e. The van der Waals surface area contributed by atoms with Gasteiger partial charge in [0.2, 0.25) is 0 Å². The van der Waals surface area contributed by atoms with E-state index >= 15 is 0 Å². The molecule has 12 heavy (non-hydrogen) atoms. The van der Waals surface area contributed by atoms with Crippen LogP contribution in [-0.4, -0.2) is 0 Å². The van der Waals surface area contributed by atoms with Crippen LogP contribution in [-0.2, 0) is 0 Å². The summed E-state index contributed by atoms with van der Waals surface area (Å²) in [5.74, 6) is 0. The molecule has 1 aromatic rings. The highest BCUT2D eigenvalue weighted by Gasteiger charge is 2.08. The highest BCUT2D eigenvalue weighted by Crippen LogP contribution is 2.34. The molecule has 0 bridgehead atoms. The maximum atomic E-state index is 5.29. The summed E-state index contributed by atoms with van der Waals surface area (Å²) in [7, 11) is 0. The van der Waals surface area contributed by atoms with E-state index < -0.39 is 0 Å². The van der Waals surface area contributed by atoms with E-state index in [9.17, 15) is 0 Å². The first-order valence-electron chi connectivity index (χ1n) is 3.94. The number of rotatable bonds is 4. The average molecular weight is 199 g/mol. The molecule has 1 unspecified atom stereocenters. The van der Waals surface area contributed by atoms with Crippen LogP contribution in [0, 0.1) is 0 Å². The van der Waals surface area contributed by atoms with Crippen molar-refractivity contribution in [2.24, 2.45) is 5.73 Å². The predicted molar refractivity (Wildman–Crippen MR) is 58.3 cm³/mol. The maximum absolute atomic E-state index is 5.29. The highest BCUT2D eigenvalue weighted by atomic mass is 32.2. The van der Waals surface area contributed by atoms with E-state index in [0.29, 0.717) is 5.25 Å². The fraction of sp³-hybridized carbons (Fsp3) is 0.333. The molecule has 0 aliphatic heterocycles. The van der Waals surface area contributed by atoms with Crippen molar-refractivity contribution in [1.82, 2.24) is 0 Å². The summed E-state index contributed by atoms with van der Waals surface area (Å²) < 4.78 is 0. The Labute approximate surface area is 81.7 Å². The third-order valence-electron chi connectivity index (χ3n) is 1.55. The highest BCUT2D eigenvalue weighted by molar-refractivity contribution is 8.02. The molecule has 1 aromatic heterocycles. The largest absolute Gasteiger partial charge is 0.404 e. The molecule has 0 radical (unpaired) electrons. The minimum absolute atomic E-state index is 0.574. The van der Waals surface area contributed by atoms with Gasteiger partial charge in [0.25, 0.3) is 0 Å². The Morgan fingerprint density at radius 2 is 2.58 bits per heavy atom. The fourth-order valence-electron chi connectivity index (χ4n) is 0.979. The van der Waals surface area contributed by atoms with E-state index in [1.165, 1.54) is 4.88 Å². The SMILES string of the molecule is CCC(S/C=C\N)c1cccs1. The second-order valence-electron chi connectivity index (χ2n) is 2.38. The Morgan fingerprint density at radius 1 is 1.75 bits per heavy atom. The van der Waals surface area contributed by atoms with E-state index in [0.717, 1.165) is 6.42 Å². The van der Waals surface area contributed by atoms with Gasteiger partial charge in [0.05, 0.1) is 0 Å². The van der Waals surface area contributed by atoms with Crippen LogP contribution in [0.25, 0.3) is 0 Å². The van der Waals surface area contributed by atoms with Gasteiger partial charge in [-0.3, -0.25) is 0 Å². The zero-order valence-corrected chi connectivity index (χ0v) is 8.70. The zero-order chi connectivity index (χ0) is 8.81. The first-order chi connectivity index (χ1) is 5.88. The zero-order valence-electron chi connectivity index (χ0n) is 7.07. The van der Waals surface area contributed by atoms with Crippen molar-refractivity contribution < 1.29 is 0 Å². The van der Waals surface area contributed by atoms with Crippen LogP contribution in [0.2, 0.25) is 0 Å². The van der Waals surface area contributed by atoms with Gasteiger partial charge in [-0.15, -0.1) is 23.1 Å². The van der Waals surface area contributed by atoms with E-state index in [4.69, 9.17) is 5.73 Å². The summed E-state index contributed by atoms with van der Waals surface area (Å²) in [6, 6.07) is 4.27. The normalized spacial score (nSPS) is 13.8. The van der Waals surface area contributed by atoms with Crippen molar-refractivity contribution in [3.8, 4) is 0 Å². The van der Waals surface area contributed by atoms with Crippen molar-refractivity contribution in [1.29, 1.82) is 0 Å². The molecular formula is C9H13NS2. The first-order valence-corrected chi connectivity index (χ1v) is 5.76. The molecule has 0 saturated heterocycles. The molecule has 1 rings (SSSR count). The number of hydrogen-bond donors (Lipinski definition) is 1. The average Bonchev–Trinajstić information content (AvgIpc) is 2.59. The summed E-state index contributed by atoms with van der Waals surface area (Å²) in [6.07, 6.45) is 2.75. The summed E-state index contributed by atoms with van der Waals surface area (Å²) in [4.78, 5) is 1.43. The van der Waals surface area contributed by atoms with Crippen molar-refractivity contribution in [3.63, 3.8) is 0 Å². The number of thiophene rings is 1. The standard InChI is InChI=1S/C9H13NS2/c1-2-8(12-7-5-10)9-4-3-6-11-9/h3-8H,2,10H2,1H3/b7-5-. The lowest BCUT2D eigenvalue weighted by Crippen LogP contribution is -1.86. The summed E-state index contributed by atoms with van der Waals surface area (Å²) in [5, 5.41) is 4.64. The summed E-state index contributed by atoms with van der Waals surface area (Å²) in [5.41, 5.74) is 5.29. The molecule has 0 amide bonds. The number of hydrogen-bond acceptors (Lipinski definition) is 3. The smallest absolute Gasteiger partial charge is 0.0430 e. The van der Waals surface area contributed by atoms with Gasteiger partial charge in [-0.1, -0.05) is 13.0 Å². The lowest BCUT2D eigenvalue weighted by Gasteiger charge is -2.08. The van der Waals surface area contributed by atoms with Crippen molar-refractivity contribution >= 4 is 23.1 Å². The molecule has 0 fully saturated rings. The van der Waals surface area contributed by atoms with Gasteiger partial charge in [0, 0.05) is 16.3 Å². The lowest BCUT2D eigenvalue weighted by molar-refractivity contribution is 0.917. The van der Waals surface area contributed by atoms with Crippen molar-refractivity contribution in [3.05, 3.63) is 34.0 Å². The molecule has 0 spiro atoms. The Morgan fingerprint density at radius 3 is 3.08 bits per heavy atom. The topological polar surface area (TPSA) is 26.0 Å². The van der Waals surface area contributed by atoms with E-state index in [-0.39, 0.29) is 0 Å². The lowest BCUT2D eigenvalue weighted by atomic mass is 10.3. The molecule has 1 nitrogen and oxygen atoms in total. The molecule has 1 heterocycles. The molecule has 2 N–H and O–H groups in total. The summed E-state index contributed by atoms with van der Waals surface area (Å²) in [6.45, 7) is 2.20. The van der Waals surface area contributed by atoms with Gasteiger partial charge in [-0.25, -0.2) is 0 Å². The van der Waals surface area contributed by atoms with Gasteiger partial charge >= 0.3 is 0 Å². The van der Waals surface area contributed by atoms with Crippen LogP contribution >= 0.6 is 23.1 Å². The van der Waals surface area contributed by atoms with Gasteiger partial charge < -0.3 is 5.73 Å². The van der Waals surface area contributed by atoms with Crippen LogP contribution in [0.5, 0.6) is 0 Å². The molecule has 66 valence electrons. The Bertz CT molecular complexity index is 229. The molecular weight excluding hydrogens is 186 g/mol. The van der Waals surface area contributed by atoms with E-state index in [1.807, 2.05) is 16.7 Å². The van der Waals surface area contributed by atoms with Gasteiger partial charge in [0.15, 0.2) is 0 Å². The van der Waals surface area contributed by atoms with E-state index in [2.05, 4.69) is 24.4 Å². The minimum atomic E-state index is 0.574. The number of nitrogens with two attached hydrogens (primary N) is 1. The van der Waals surface area contributed by atoms with Gasteiger partial charge in [-0.2, -0.15) is 0 Å². The predicted octanol–water partition coefficient (Wildman–Crippen LogP) is 3.36. The van der Waals surface area contributed by atoms with Crippen LogP contribution in [0.4, 0.5) is 0 Å². The van der Waals surface area contributed by atoms with Crippen LogP contribution < -0.4 is 5.73 Å². The molecule has 0 aromatic carbocycles. The second kappa shape index (κ2) is 5.27.